The molecule has 0 unspecified atom stereocenters. The van der Waals surface area contributed by atoms with Crippen LogP contribution in [-0.4, -0.2) is 4.57 Å². The number of aryl methyl sites for hydroxylation is 1. The van der Waals surface area contributed by atoms with E-state index in [0.29, 0.717) is 0 Å². The van der Waals surface area contributed by atoms with Gasteiger partial charge < -0.3 is 8.98 Å². The van der Waals surface area contributed by atoms with Gasteiger partial charge in [-0.2, -0.15) is 0 Å². The van der Waals surface area contributed by atoms with Crippen LogP contribution in [0.5, 0.6) is 0 Å². The number of para-hydroxylation sites is 2. The summed E-state index contributed by atoms with van der Waals surface area (Å²) in [6.07, 6.45) is 0. The standard InChI is InChI=1S/C31H21NO/c1-20-11-14-24-26-18-21(12-15-28(26)32(29(24)17-20)23-7-3-2-4-8-23)22-13-16-31-27(19-22)25-9-5-6-10-30(25)33-31/h2-19H,1H3. The molecule has 2 heteroatoms. The molecule has 0 fully saturated rings. The monoisotopic (exact) mass is 423 g/mol. The normalized spacial score (nSPS) is 11.8. The maximum atomic E-state index is 6.03. The van der Waals surface area contributed by atoms with Gasteiger partial charge in [0.05, 0.1) is 11.0 Å². The van der Waals surface area contributed by atoms with Crippen LogP contribution in [0.2, 0.25) is 0 Å². The predicted molar refractivity (Wildman–Crippen MR) is 138 cm³/mol. The molecule has 7 aromatic rings. The lowest BCUT2D eigenvalue weighted by molar-refractivity contribution is 0.669. The zero-order valence-corrected chi connectivity index (χ0v) is 18.2. The molecule has 0 saturated carbocycles. The Morgan fingerprint density at radius 2 is 1.24 bits per heavy atom. The molecule has 2 nitrogen and oxygen atoms in total. The van der Waals surface area contributed by atoms with E-state index in [1.54, 1.807) is 0 Å². The lowest BCUT2D eigenvalue weighted by Crippen LogP contribution is -1.93. The molecule has 156 valence electrons. The first-order valence-corrected chi connectivity index (χ1v) is 11.3. The van der Waals surface area contributed by atoms with Crippen molar-refractivity contribution in [2.24, 2.45) is 0 Å². The number of hydrogen-bond donors (Lipinski definition) is 0. The van der Waals surface area contributed by atoms with Crippen molar-refractivity contribution in [1.29, 1.82) is 0 Å². The maximum absolute atomic E-state index is 6.03. The van der Waals surface area contributed by atoms with Gasteiger partial charge in [-0.15, -0.1) is 0 Å². The van der Waals surface area contributed by atoms with Gasteiger partial charge in [0.2, 0.25) is 0 Å². The fraction of sp³-hybridized carbons (Fsp3) is 0.0323. The second kappa shape index (κ2) is 6.85. The Bertz CT molecular complexity index is 1820. The van der Waals surface area contributed by atoms with E-state index in [2.05, 4.69) is 109 Å². The van der Waals surface area contributed by atoms with Crippen LogP contribution in [0.15, 0.2) is 114 Å². The third-order valence-corrected chi connectivity index (χ3v) is 6.65. The number of furan rings is 1. The van der Waals surface area contributed by atoms with Crippen LogP contribution in [0.4, 0.5) is 0 Å². The first-order valence-electron chi connectivity index (χ1n) is 11.3. The van der Waals surface area contributed by atoms with Gasteiger partial charge in [-0.1, -0.05) is 60.7 Å². The molecule has 0 saturated heterocycles. The van der Waals surface area contributed by atoms with Crippen molar-refractivity contribution in [3.8, 4) is 16.8 Å². The lowest BCUT2D eigenvalue weighted by Gasteiger charge is -2.08. The zero-order chi connectivity index (χ0) is 21.9. The molecule has 0 atom stereocenters. The largest absolute Gasteiger partial charge is 0.456 e. The summed E-state index contributed by atoms with van der Waals surface area (Å²) >= 11 is 0. The highest BCUT2D eigenvalue weighted by molar-refractivity contribution is 6.11. The predicted octanol–water partition coefficient (Wildman–Crippen LogP) is 8.66. The Hall–Kier alpha value is -4.30. The highest BCUT2D eigenvalue weighted by atomic mass is 16.3. The number of rotatable bonds is 2. The summed E-state index contributed by atoms with van der Waals surface area (Å²) in [5.41, 5.74) is 9.18. The maximum Gasteiger partial charge on any atom is 0.135 e. The Kier molecular flexibility index (Phi) is 3.80. The van der Waals surface area contributed by atoms with E-state index >= 15 is 0 Å². The molecule has 0 bridgehead atoms. The number of benzene rings is 5. The first-order chi connectivity index (χ1) is 16.3. The van der Waals surface area contributed by atoms with Crippen molar-refractivity contribution >= 4 is 43.7 Å². The van der Waals surface area contributed by atoms with Gasteiger partial charge in [-0.3, -0.25) is 0 Å². The molecule has 33 heavy (non-hydrogen) atoms. The van der Waals surface area contributed by atoms with Crippen molar-refractivity contribution in [2.45, 2.75) is 6.92 Å². The molecule has 0 radical (unpaired) electrons. The quantitative estimate of drug-likeness (QED) is 0.272. The topological polar surface area (TPSA) is 18.1 Å². The second-order valence-corrected chi connectivity index (χ2v) is 8.73. The fourth-order valence-electron chi connectivity index (χ4n) is 5.07. The Morgan fingerprint density at radius 1 is 0.515 bits per heavy atom. The Balaban J connectivity index is 1.49. The molecule has 0 N–H and O–H groups in total. The Morgan fingerprint density at radius 3 is 2.12 bits per heavy atom. The van der Waals surface area contributed by atoms with E-state index in [1.807, 2.05) is 12.1 Å². The van der Waals surface area contributed by atoms with E-state index in [1.165, 1.54) is 44.2 Å². The van der Waals surface area contributed by atoms with Gasteiger partial charge in [0, 0.05) is 27.2 Å². The molecule has 5 aromatic carbocycles. The van der Waals surface area contributed by atoms with Crippen molar-refractivity contribution in [2.75, 3.05) is 0 Å². The van der Waals surface area contributed by atoms with Crippen molar-refractivity contribution in [3.05, 3.63) is 115 Å². The number of nitrogens with zero attached hydrogens (tertiary/aromatic N) is 1. The van der Waals surface area contributed by atoms with E-state index in [0.717, 1.165) is 21.9 Å². The van der Waals surface area contributed by atoms with Gasteiger partial charge in [0.25, 0.3) is 0 Å². The van der Waals surface area contributed by atoms with Crippen LogP contribution in [-0.2, 0) is 0 Å². The zero-order valence-electron chi connectivity index (χ0n) is 18.2. The minimum atomic E-state index is 0.928. The lowest BCUT2D eigenvalue weighted by atomic mass is 10.0. The molecule has 0 amide bonds. The van der Waals surface area contributed by atoms with Gasteiger partial charge in [-0.25, -0.2) is 0 Å². The van der Waals surface area contributed by atoms with E-state index in [-0.39, 0.29) is 0 Å². The average molecular weight is 424 g/mol. The van der Waals surface area contributed by atoms with E-state index in [9.17, 15) is 0 Å². The van der Waals surface area contributed by atoms with Gasteiger partial charge in [0.1, 0.15) is 11.2 Å². The molecule has 7 rings (SSSR count). The number of aromatic nitrogens is 1. The van der Waals surface area contributed by atoms with Crippen molar-refractivity contribution in [1.82, 2.24) is 4.57 Å². The van der Waals surface area contributed by atoms with E-state index < -0.39 is 0 Å². The highest BCUT2D eigenvalue weighted by Crippen LogP contribution is 2.37. The highest BCUT2D eigenvalue weighted by Gasteiger charge is 2.14. The summed E-state index contributed by atoms with van der Waals surface area (Å²) in [4.78, 5) is 0. The first kappa shape index (κ1) is 18.3. The van der Waals surface area contributed by atoms with Crippen LogP contribution in [0.1, 0.15) is 5.56 Å². The van der Waals surface area contributed by atoms with E-state index in [4.69, 9.17) is 4.42 Å². The van der Waals surface area contributed by atoms with Gasteiger partial charge in [0.15, 0.2) is 0 Å². The molecule has 0 aliphatic heterocycles. The van der Waals surface area contributed by atoms with Gasteiger partial charge >= 0.3 is 0 Å². The van der Waals surface area contributed by atoms with Crippen LogP contribution < -0.4 is 0 Å². The molecular formula is C31H21NO. The number of hydrogen-bond acceptors (Lipinski definition) is 1. The third-order valence-electron chi connectivity index (χ3n) is 6.65. The molecule has 0 aliphatic rings. The minimum absolute atomic E-state index is 0.928. The molecule has 2 aromatic heterocycles. The summed E-state index contributed by atoms with van der Waals surface area (Å²) < 4.78 is 8.40. The molecular weight excluding hydrogens is 402 g/mol. The fourth-order valence-corrected chi connectivity index (χ4v) is 5.07. The summed E-state index contributed by atoms with van der Waals surface area (Å²) in [5.74, 6) is 0. The van der Waals surface area contributed by atoms with Crippen molar-refractivity contribution in [3.63, 3.8) is 0 Å². The summed E-state index contributed by atoms with van der Waals surface area (Å²) in [6.45, 7) is 2.16. The van der Waals surface area contributed by atoms with Crippen LogP contribution in [0.25, 0.3) is 60.6 Å². The van der Waals surface area contributed by atoms with Crippen LogP contribution in [0, 0.1) is 6.92 Å². The third kappa shape index (κ3) is 2.74. The minimum Gasteiger partial charge on any atom is -0.456 e. The summed E-state index contributed by atoms with van der Waals surface area (Å²) in [7, 11) is 0. The summed E-state index contributed by atoms with van der Waals surface area (Å²) in [5, 5.41) is 4.86. The molecule has 2 heterocycles. The number of fused-ring (bicyclic) bond motifs is 6. The van der Waals surface area contributed by atoms with Crippen LogP contribution in [0.3, 0.4) is 0 Å². The second-order valence-electron chi connectivity index (χ2n) is 8.73. The SMILES string of the molecule is Cc1ccc2c3cc(-c4ccc5oc6ccccc6c5c4)ccc3n(-c3ccccc3)c2c1. The smallest absolute Gasteiger partial charge is 0.135 e. The average Bonchev–Trinajstić information content (AvgIpc) is 3.38. The molecule has 0 aliphatic carbocycles. The summed E-state index contributed by atoms with van der Waals surface area (Å²) in [6, 6.07) is 38.9. The van der Waals surface area contributed by atoms with Crippen LogP contribution >= 0.6 is 0 Å². The van der Waals surface area contributed by atoms with Gasteiger partial charge in [-0.05, 0) is 72.1 Å². The molecule has 0 spiro atoms. The Labute approximate surface area is 191 Å². The van der Waals surface area contributed by atoms with Crippen molar-refractivity contribution < 1.29 is 4.42 Å².